The number of carbonyl (C=O) groups is 2. The van der Waals surface area contributed by atoms with Gasteiger partial charge in [0.25, 0.3) is 5.91 Å². The number of thiophene rings is 1. The van der Waals surface area contributed by atoms with Crippen molar-refractivity contribution in [1.29, 1.82) is 0 Å². The molecule has 1 saturated carbocycles. The third-order valence-electron chi connectivity index (χ3n) is 7.95. The minimum absolute atomic E-state index is 0.119. The number of rotatable bonds is 7. The number of fused-ring (bicyclic) bond motifs is 3. The number of aromatic nitrogens is 1. The van der Waals surface area contributed by atoms with Crippen molar-refractivity contribution < 1.29 is 28.4 Å². The molecule has 2 atom stereocenters. The number of nitrogens with one attached hydrogen (secondary N) is 1. The minimum atomic E-state index is -1.60. The van der Waals surface area contributed by atoms with Gasteiger partial charge < -0.3 is 24.2 Å². The zero-order chi connectivity index (χ0) is 22.9. The number of ether oxygens (including phenoxy) is 1. The topological polar surface area (TPSA) is 102 Å². The number of piperidine rings is 3. The molecule has 178 valence electrons. The molecule has 4 fully saturated rings. The third kappa shape index (κ3) is 4.46. The fourth-order valence-electron chi connectivity index (χ4n) is 6.09. The Morgan fingerprint density at radius 2 is 2.00 bits per heavy atom. The van der Waals surface area contributed by atoms with Crippen LogP contribution in [0.3, 0.4) is 0 Å². The van der Waals surface area contributed by atoms with E-state index in [0.717, 1.165) is 58.0 Å². The molecule has 2 aromatic rings. The molecule has 0 spiro atoms. The molecule has 1 amide bonds. The number of esters is 1. The molecule has 2 bridgehead atoms. The van der Waals surface area contributed by atoms with E-state index in [4.69, 9.17) is 9.26 Å². The van der Waals surface area contributed by atoms with Crippen molar-refractivity contribution in [2.45, 2.75) is 56.7 Å². The summed E-state index contributed by atoms with van der Waals surface area (Å²) in [6.07, 6.45) is 7.82. The first-order valence-electron chi connectivity index (χ1n) is 12.0. The highest BCUT2D eigenvalue weighted by molar-refractivity contribution is 7.08. The number of hydrogen-bond donors (Lipinski definition) is 2. The second kappa shape index (κ2) is 9.19. The number of anilines is 1. The van der Waals surface area contributed by atoms with Gasteiger partial charge in [-0.3, -0.25) is 4.79 Å². The van der Waals surface area contributed by atoms with Crippen molar-refractivity contribution in [2.24, 2.45) is 11.8 Å². The van der Waals surface area contributed by atoms with Crippen molar-refractivity contribution >= 4 is 29.0 Å². The molecule has 3 aliphatic heterocycles. The first kappa shape index (κ1) is 22.6. The van der Waals surface area contributed by atoms with Crippen molar-refractivity contribution in [1.82, 2.24) is 5.16 Å². The number of hydrogen-bond acceptors (Lipinski definition) is 7. The van der Waals surface area contributed by atoms with Crippen LogP contribution in [-0.4, -0.2) is 58.9 Å². The lowest BCUT2D eigenvalue weighted by Gasteiger charge is -2.52. The lowest BCUT2D eigenvalue weighted by atomic mass is 9.74. The van der Waals surface area contributed by atoms with Crippen LogP contribution >= 0.6 is 11.3 Å². The molecular weight excluding hydrogens is 442 g/mol. The predicted octanol–water partition coefficient (Wildman–Crippen LogP) is 3.29. The summed E-state index contributed by atoms with van der Waals surface area (Å²) in [6, 6.07) is 3.46. The molecule has 1 aliphatic carbocycles. The smallest absolute Gasteiger partial charge is 0.343 e. The molecule has 9 heteroatoms. The summed E-state index contributed by atoms with van der Waals surface area (Å²) in [5, 5.41) is 22.1. The molecule has 6 rings (SSSR count). The predicted molar refractivity (Wildman–Crippen MR) is 122 cm³/mol. The average molecular weight is 475 g/mol. The monoisotopic (exact) mass is 474 g/mol. The van der Waals surface area contributed by atoms with Crippen LogP contribution in [0.25, 0.3) is 0 Å². The molecule has 5 heterocycles. The summed E-state index contributed by atoms with van der Waals surface area (Å²) in [6.45, 7) is 2.70. The van der Waals surface area contributed by atoms with Gasteiger partial charge in [0.1, 0.15) is 12.8 Å². The van der Waals surface area contributed by atoms with Gasteiger partial charge in [-0.2, -0.15) is 11.3 Å². The Labute approximate surface area is 197 Å². The molecule has 4 aliphatic rings. The van der Waals surface area contributed by atoms with E-state index >= 15 is 0 Å². The lowest BCUT2D eigenvalue weighted by Crippen LogP contribution is -2.66. The molecule has 1 unspecified atom stereocenters. The first-order chi connectivity index (χ1) is 16.0. The Morgan fingerprint density at radius 1 is 1.21 bits per heavy atom. The van der Waals surface area contributed by atoms with Crippen molar-refractivity contribution in [3.8, 4) is 0 Å². The highest BCUT2D eigenvalue weighted by Gasteiger charge is 2.52. The van der Waals surface area contributed by atoms with Gasteiger partial charge in [-0.25, -0.2) is 4.79 Å². The highest BCUT2D eigenvalue weighted by atomic mass is 32.1. The summed E-state index contributed by atoms with van der Waals surface area (Å²) in [5.74, 6) is -0.0686. The summed E-state index contributed by atoms with van der Waals surface area (Å²) >= 11 is 1.49. The van der Waals surface area contributed by atoms with Gasteiger partial charge in [0.2, 0.25) is 0 Å². The quantitative estimate of drug-likeness (QED) is 0.472. The maximum Gasteiger partial charge on any atom is 0.343 e. The molecule has 33 heavy (non-hydrogen) atoms. The van der Waals surface area contributed by atoms with Crippen LogP contribution in [0.1, 0.15) is 50.5 Å². The molecule has 0 aromatic carbocycles. The van der Waals surface area contributed by atoms with Crippen LogP contribution in [0, 0.1) is 11.8 Å². The number of carbonyl (C=O) groups excluding carboxylic acids is 2. The normalized spacial score (nSPS) is 29.4. The van der Waals surface area contributed by atoms with E-state index in [9.17, 15) is 14.7 Å². The van der Waals surface area contributed by atoms with Gasteiger partial charge in [0.15, 0.2) is 24.1 Å². The Hall–Kier alpha value is -2.23. The van der Waals surface area contributed by atoms with Crippen LogP contribution in [0.2, 0.25) is 0 Å². The number of nitrogens with zero attached hydrogens (tertiary/aromatic N) is 2. The van der Waals surface area contributed by atoms with E-state index in [1.807, 2.05) is 16.8 Å². The van der Waals surface area contributed by atoms with Gasteiger partial charge in [-0.05, 0) is 29.7 Å². The summed E-state index contributed by atoms with van der Waals surface area (Å²) in [5.41, 5.74) is -0.941. The fraction of sp³-hybridized carbons (Fsp3) is 0.625. The number of aliphatic hydroxyl groups is 1. The van der Waals surface area contributed by atoms with Gasteiger partial charge >= 0.3 is 5.97 Å². The van der Waals surface area contributed by atoms with Gasteiger partial charge in [0, 0.05) is 36.3 Å². The van der Waals surface area contributed by atoms with E-state index in [-0.39, 0.29) is 23.8 Å². The minimum Gasteiger partial charge on any atom is -0.454 e. The van der Waals surface area contributed by atoms with E-state index in [1.54, 1.807) is 6.07 Å². The fourth-order valence-corrected chi connectivity index (χ4v) is 6.80. The summed E-state index contributed by atoms with van der Waals surface area (Å²) < 4.78 is 11.5. The molecular formula is C24H32N3O5S+. The molecule has 2 aromatic heterocycles. The third-order valence-corrected chi connectivity index (χ3v) is 8.64. The van der Waals surface area contributed by atoms with Crippen molar-refractivity contribution in [3.63, 3.8) is 0 Å². The van der Waals surface area contributed by atoms with Crippen LogP contribution in [0.4, 0.5) is 5.82 Å². The van der Waals surface area contributed by atoms with Crippen LogP contribution < -0.4 is 5.32 Å². The Bertz CT molecular complexity index is 949. The van der Waals surface area contributed by atoms with Crippen LogP contribution in [-0.2, 0) is 19.9 Å². The first-order valence-corrected chi connectivity index (χ1v) is 12.9. The SMILES string of the molecule is O=C(C[N+]12CCC(CC1)C(OC(=O)[C@](O)(c1ccsc1)C1CCCCC1)C2)Nc1ccon1. The summed E-state index contributed by atoms with van der Waals surface area (Å²) in [4.78, 5) is 26.2. The molecule has 8 nitrogen and oxygen atoms in total. The molecule has 3 saturated heterocycles. The average Bonchev–Trinajstić information content (AvgIpc) is 3.54. The number of quaternary nitrogens is 1. The Kier molecular flexibility index (Phi) is 6.28. The Morgan fingerprint density at radius 3 is 2.67 bits per heavy atom. The zero-order valence-electron chi connectivity index (χ0n) is 18.8. The standard InChI is InChI=1S/C24H31N3O5S/c28-22(25-21-8-12-31-26-21)15-27-10-6-17(7-11-27)20(14-27)32-23(29)24(30,19-9-13-33-16-19)18-4-2-1-3-5-18/h8-9,12-13,16-18,20,30H,1-7,10-11,14-15H2/p+1/t17?,20?,24-,27?/m1/s1. The second-order valence-electron chi connectivity index (χ2n) is 9.96. The highest BCUT2D eigenvalue weighted by Crippen LogP contribution is 2.43. The van der Waals surface area contributed by atoms with Crippen LogP contribution in [0.15, 0.2) is 33.7 Å². The van der Waals surface area contributed by atoms with Crippen LogP contribution in [0.5, 0.6) is 0 Å². The second-order valence-corrected chi connectivity index (χ2v) is 10.7. The Balaban J connectivity index is 1.29. The van der Waals surface area contributed by atoms with Gasteiger partial charge in [-0.15, -0.1) is 0 Å². The number of amides is 1. The zero-order valence-corrected chi connectivity index (χ0v) is 19.6. The van der Waals surface area contributed by atoms with E-state index in [2.05, 4.69) is 10.5 Å². The lowest BCUT2D eigenvalue weighted by molar-refractivity contribution is -0.939. The van der Waals surface area contributed by atoms with Crippen molar-refractivity contribution in [2.75, 3.05) is 31.5 Å². The largest absolute Gasteiger partial charge is 0.454 e. The molecule has 0 radical (unpaired) electrons. The van der Waals surface area contributed by atoms with E-state index < -0.39 is 11.6 Å². The maximum atomic E-state index is 13.6. The summed E-state index contributed by atoms with van der Waals surface area (Å²) in [7, 11) is 0. The molecule has 2 N–H and O–H groups in total. The van der Waals surface area contributed by atoms with Crippen molar-refractivity contribution in [3.05, 3.63) is 34.7 Å². The van der Waals surface area contributed by atoms with Gasteiger partial charge in [0.05, 0.1) is 13.1 Å². The van der Waals surface area contributed by atoms with E-state index in [1.165, 1.54) is 17.6 Å². The van der Waals surface area contributed by atoms with Gasteiger partial charge in [-0.1, -0.05) is 24.4 Å². The maximum absolute atomic E-state index is 13.6. The van der Waals surface area contributed by atoms with E-state index in [0.29, 0.717) is 29.0 Å².